The molecule has 6 heteroatoms. The lowest BCUT2D eigenvalue weighted by atomic mass is 10.1. The molecule has 0 aliphatic carbocycles. The van der Waals surface area contributed by atoms with E-state index in [1.54, 1.807) is 12.1 Å². The zero-order chi connectivity index (χ0) is 17.6. The number of esters is 1. The summed E-state index contributed by atoms with van der Waals surface area (Å²) in [6, 6.07) is 11.3. The zero-order valence-electron chi connectivity index (χ0n) is 13.6. The van der Waals surface area contributed by atoms with E-state index in [9.17, 15) is 9.59 Å². The maximum absolute atomic E-state index is 12.7. The molecule has 4 nitrogen and oxygen atoms in total. The number of benzene rings is 2. The molecule has 1 aliphatic heterocycles. The van der Waals surface area contributed by atoms with Gasteiger partial charge in [0.1, 0.15) is 0 Å². The Kier molecular flexibility index (Phi) is 4.13. The Bertz CT molecular complexity index is 1050. The molecular weight excluding hydrogens is 358 g/mol. The number of carbonyl (C=O) groups is 1. The van der Waals surface area contributed by atoms with Gasteiger partial charge in [-0.1, -0.05) is 17.7 Å². The number of nitrogens with zero attached hydrogens (tertiary/aromatic N) is 1. The van der Waals surface area contributed by atoms with Crippen molar-refractivity contribution in [2.75, 3.05) is 25.1 Å². The van der Waals surface area contributed by atoms with Gasteiger partial charge in [-0.05, 0) is 36.8 Å². The van der Waals surface area contributed by atoms with Crippen molar-refractivity contribution in [3.8, 4) is 0 Å². The van der Waals surface area contributed by atoms with Gasteiger partial charge in [0.2, 0.25) is 0 Å². The van der Waals surface area contributed by atoms with E-state index in [0.717, 1.165) is 28.1 Å². The second-order valence-corrected chi connectivity index (χ2v) is 7.64. The molecule has 1 saturated heterocycles. The maximum atomic E-state index is 12.7. The number of hydrogen-bond acceptors (Lipinski definition) is 5. The number of anilines is 1. The summed E-state index contributed by atoms with van der Waals surface area (Å²) in [5.41, 5.74) is 1.02. The number of carbonyl (C=O) groups excluding carboxylic acids is 1. The van der Waals surface area contributed by atoms with E-state index < -0.39 is 0 Å². The fourth-order valence-electron chi connectivity index (χ4n) is 3.38. The van der Waals surface area contributed by atoms with Crippen LogP contribution in [0.25, 0.3) is 20.2 Å². The van der Waals surface area contributed by atoms with Crippen molar-refractivity contribution in [3.63, 3.8) is 0 Å². The smallest absolute Gasteiger partial charge is 0.310 e. The molecule has 0 amide bonds. The van der Waals surface area contributed by atoms with Crippen LogP contribution in [0.15, 0.2) is 41.2 Å². The minimum Gasteiger partial charge on any atom is -0.469 e. The summed E-state index contributed by atoms with van der Waals surface area (Å²) in [6.07, 6.45) is 0.782. The summed E-state index contributed by atoms with van der Waals surface area (Å²) in [5, 5.41) is 1.95. The lowest BCUT2D eigenvalue weighted by Crippen LogP contribution is -2.23. The summed E-state index contributed by atoms with van der Waals surface area (Å²) in [6.45, 7) is 1.44. The van der Waals surface area contributed by atoms with Crippen molar-refractivity contribution >= 4 is 54.8 Å². The topological polar surface area (TPSA) is 46.6 Å². The van der Waals surface area contributed by atoms with Gasteiger partial charge in [0.15, 0.2) is 5.43 Å². The van der Waals surface area contributed by atoms with Gasteiger partial charge in [-0.25, -0.2) is 0 Å². The molecule has 0 bridgehead atoms. The number of halogens is 1. The van der Waals surface area contributed by atoms with Gasteiger partial charge in [-0.15, -0.1) is 11.3 Å². The first kappa shape index (κ1) is 16.4. The molecular formula is C19H16ClNO3S. The van der Waals surface area contributed by atoms with Crippen molar-refractivity contribution < 1.29 is 9.53 Å². The highest BCUT2D eigenvalue weighted by Crippen LogP contribution is 2.33. The summed E-state index contributed by atoms with van der Waals surface area (Å²) in [4.78, 5) is 26.6. The van der Waals surface area contributed by atoms with Crippen LogP contribution in [0, 0.1) is 5.92 Å². The largest absolute Gasteiger partial charge is 0.469 e. The van der Waals surface area contributed by atoms with Crippen LogP contribution in [0.1, 0.15) is 6.42 Å². The van der Waals surface area contributed by atoms with E-state index >= 15 is 0 Å². The number of fused-ring (bicyclic) bond motifs is 2. The van der Waals surface area contributed by atoms with Gasteiger partial charge in [-0.3, -0.25) is 9.59 Å². The molecule has 0 radical (unpaired) electrons. The van der Waals surface area contributed by atoms with E-state index in [2.05, 4.69) is 4.90 Å². The normalized spacial score (nSPS) is 17.4. The van der Waals surface area contributed by atoms with Crippen LogP contribution in [0.2, 0.25) is 5.02 Å². The van der Waals surface area contributed by atoms with Crippen LogP contribution in [-0.4, -0.2) is 26.2 Å². The number of hydrogen-bond donors (Lipinski definition) is 0. The first-order valence-corrected chi connectivity index (χ1v) is 9.26. The average molecular weight is 374 g/mol. The summed E-state index contributed by atoms with van der Waals surface area (Å²) < 4.78 is 6.57. The number of ether oxygens (including phenoxy) is 1. The van der Waals surface area contributed by atoms with Crippen molar-refractivity contribution in [2.24, 2.45) is 5.92 Å². The van der Waals surface area contributed by atoms with Crippen LogP contribution in [0.3, 0.4) is 0 Å². The monoisotopic (exact) mass is 373 g/mol. The summed E-state index contributed by atoms with van der Waals surface area (Å²) in [7, 11) is 1.42. The Morgan fingerprint density at radius 2 is 2.12 bits per heavy atom. The molecule has 0 saturated carbocycles. The van der Waals surface area contributed by atoms with E-state index in [1.807, 2.05) is 24.3 Å². The highest BCUT2D eigenvalue weighted by Gasteiger charge is 2.29. The Labute approximate surface area is 153 Å². The fourth-order valence-corrected chi connectivity index (χ4v) is 4.78. The van der Waals surface area contributed by atoms with Crippen LogP contribution < -0.4 is 10.3 Å². The third-order valence-corrected chi connectivity index (χ3v) is 6.35. The molecule has 1 fully saturated rings. The number of methoxy groups -OCH3 is 1. The van der Waals surface area contributed by atoms with E-state index in [4.69, 9.17) is 16.3 Å². The number of rotatable bonds is 2. The lowest BCUT2D eigenvalue weighted by Gasteiger charge is -2.18. The van der Waals surface area contributed by atoms with Gasteiger partial charge >= 0.3 is 5.97 Å². The quantitative estimate of drug-likeness (QED) is 0.502. The second kappa shape index (κ2) is 6.32. The first-order valence-electron chi connectivity index (χ1n) is 8.06. The molecule has 0 N–H and O–H groups in total. The van der Waals surface area contributed by atoms with Crippen molar-refractivity contribution in [1.29, 1.82) is 0 Å². The van der Waals surface area contributed by atoms with Gasteiger partial charge in [0.25, 0.3) is 0 Å². The first-order chi connectivity index (χ1) is 12.1. The SMILES string of the molecule is COC(=O)C1CCN(c2ccc3c(=O)c4cccc(Cl)c4sc3c2)C1. The summed E-state index contributed by atoms with van der Waals surface area (Å²) >= 11 is 7.80. The third kappa shape index (κ3) is 2.77. The molecule has 1 aliphatic rings. The standard InChI is InChI=1S/C19H16ClNO3S/c1-24-19(23)11-7-8-21(10-11)12-5-6-13-16(9-12)25-18-14(17(13)22)3-2-4-15(18)20/h2-6,9,11H,7-8,10H2,1H3. The van der Waals surface area contributed by atoms with E-state index in [1.165, 1.54) is 18.4 Å². The molecule has 1 unspecified atom stereocenters. The zero-order valence-corrected chi connectivity index (χ0v) is 15.2. The Morgan fingerprint density at radius 1 is 1.28 bits per heavy atom. The van der Waals surface area contributed by atoms with Gasteiger partial charge in [0.05, 0.1) is 22.8 Å². The highest BCUT2D eigenvalue weighted by atomic mass is 35.5. The van der Waals surface area contributed by atoms with Crippen molar-refractivity contribution in [2.45, 2.75) is 6.42 Å². The Morgan fingerprint density at radius 3 is 2.92 bits per heavy atom. The maximum Gasteiger partial charge on any atom is 0.310 e. The van der Waals surface area contributed by atoms with Crippen LogP contribution in [0.5, 0.6) is 0 Å². The Hall–Kier alpha value is -2.11. The molecule has 1 atom stereocenters. The second-order valence-electron chi connectivity index (χ2n) is 6.18. The molecule has 2 aromatic carbocycles. The molecule has 128 valence electrons. The Balaban J connectivity index is 1.78. The predicted molar refractivity (Wildman–Crippen MR) is 103 cm³/mol. The molecule has 4 rings (SSSR count). The highest BCUT2D eigenvalue weighted by molar-refractivity contribution is 7.25. The molecule has 2 heterocycles. The van der Waals surface area contributed by atoms with Gasteiger partial charge in [0, 0.05) is 34.2 Å². The van der Waals surface area contributed by atoms with E-state index in [-0.39, 0.29) is 17.3 Å². The van der Waals surface area contributed by atoms with Gasteiger partial charge in [-0.2, -0.15) is 0 Å². The minimum absolute atomic E-state index is 0.00617. The van der Waals surface area contributed by atoms with Crippen molar-refractivity contribution in [1.82, 2.24) is 0 Å². The van der Waals surface area contributed by atoms with Gasteiger partial charge < -0.3 is 9.64 Å². The molecule has 1 aromatic heterocycles. The molecule has 3 aromatic rings. The van der Waals surface area contributed by atoms with E-state index in [0.29, 0.717) is 22.3 Å². The summed E-state index contributed by atoms with van der Waals surface area (Å²) in [5.74, 6) is -0.254. The lowest BCUT2D eigenvalue weighted by molar-refractivity contribution is -0.144. The average Bonchev–Trinajstić information content (AvgIpc) is 3.12. The van der Waals surface area contributed by atoms with Crippen LogP contribution in [-0.2, 0) is 9.53 Å². The predicted octanol–water partition coefficient (Wildman–Crippen LogP) is 4.07. The minimum atomic E-state index is -0.161. The molecule has 0 spiro atoms. The fraction of sp³-hybridized carbons (Fsp3) is 0.263. The van der Waals surface area contributed by atoms with Crippen LogP contribution >= 0.6 is 22.9 Å². The molecule has 25 heavy (non-hydrogen) atoms. The third-order valence-electron chi connectivity index (χ3n) is 4.72. The van der Waals surface area contributed by atoms with Crippen molar-refractivity contribution in [3.05, 3.63) is 51.6 Å². The van der Waals surface area contributed by atoms with Crippen LogP contribution in [0.4, 0.5) is 5.69 Å².